The van der Waals surface area contributed by atoms with E-state index >= 15 is 0 Å². The summed E-state index contributed by atoms with van der Waals surface area (Å²) in [6.45, 7) is 0.432. The van der Waals surface area contributed by atoms with Gasteiger partial charge in [0.25, 0.3) is 5.91 Å². The van der Waals surface area contributed by atoms with Gasteiger partial charge in [-0.1, -0.05) is 24.6 Å². The van der Waals surface area contributed by atoms with E-state index < -0.39 is 11.7 Å². The number of H-pyrrole nitrogens is 1. The van der Waals surface area contributed by atoms with Crippen LogP contribution in [-0.4, -0.2) is 28.5 Å². The highest BCUT2D eigenvalue weighted by Crippen LogP contribution is 2.27. The molecule has 6 nitrogen and oxygen atoms in total. The number of amides is 1. The van der Waals surface area contributed by atoms with Crippen LogP contribution in [0, 0.1) is 11.7 Å². The molecule has 1 fully saturated rings. The van der Waals surface area contributed by atoms with Crippen molar-refractivity contribution >= 4 is 27.7 Å². The maximum Gasteiger partial charge on any atom is 0.254 e. The first-order chi connectivity index (χ1) is 15.6. The summed E-state index contributed by atoms with van der Waals surface area (Å²) in [5.41, 5.74) is 0.731. The molecule has 2 unspecified atom stereocenters. The van der Waals surface area contributed by atoms with Gasteiger partial charge in [0.1, 0.15) is 5.82 Å². The third-order valence-corrected chi connectivity index (χ3v) is 6.10. The largest absolute Gasteiger partial charge is 0.477 e. The minimum atomic E-state index is -0.713. The van der Waals surface area contributed by atoms with Crippen LogP contribution < -0.4 is 15.5 Å². The maximum absolute atomic E-state index is 14.8. The van der Waals surface area contributed by atoms with Crippen molar-refractivity contribution in [2.24, 2.45) is 5.92 Å². The first kappa shape index (κ1) is 20.2. The molecule has 1 aliphatic rings. The highest BCUT2D eigenvalue weighted by atomic mass is 19.1. The highest BCUT2D eigenvalue weighted by molar-refractivity contribution is 6.00. The van der Waals surface area contributed by atoms with E-state index in [0.29, 0.717) is 28.9 Å². The van der Waals surface area contributed by atoms with Gasteiger partial charge in [0, 0.05) is 40.5 Å². The van der Waals surface area contributed by atoms with E-state index in [9.17, 15) is 14.0 Å². The van der Waals surface area contributed by atoms with Gasteiger partial charge in [0.15, 0.2) is 5.43 Å². The Balaban J connectivity index is 1.37. The first-order valence-corrected chi connectivity index (χ1v) is 10.7. The lowest BCUT2D eigenvalue weighted by atomic mass is 10.0. The monoisotopic (exact) mass is 431 g/mol. The summed E-state index contributed by atoms with van der Waals surface area (Å²) >= 11 is 0. The average Bonchev–Trinajstić information content (AvgIpc) is 3.25. The van der Waals surface area contributed by atoms with E-state index in [1.807, 2.05) is 18.2 Å². The summed E-state index contributed by atoms with van der Waals surface area (Å²) in [4.78, 5) is 33.0. The minimum absolute atomic E-state index is 0.0836. The Morgan fingerprint density at radius 2 is 1.94 bits per heavy atom. The molecule has 0 bridgehead atoms. The van der Waals surface area contributed by atoms with E-state index in [1.54, 1.807) is 30.5 Å². The van der Waals surface area contributed by atoms with Crippen LogP contribution in [0.1, 0.15) is 29.6 Å². The highest BCUT2D eigenvalue weighted by Gasteiger charge is 2.30. The molecule has 162 valence electrons. The van der Waals surface area contributed by atoms with E-state index in [1.165, 1.54) is 6.07 Å². The number of halogens is 1. The fourth-order valence-electron chi connectivity index (χ4n) is 4.42. The maximum atomic E-state index is 14.8. The minimum Gasteiger partial charge on any atom is -0.477 e. The van der Waals surface area contributed by atoms with Crippen LogP contribution in [0.5, 0.6) is 5.88 Å². The molecule has 2 aromatic heterocycles. The van der Waals surface area contributed by atoms with E-state index in [4.69, 9.17) is 4.74 Å². The van der Waals surface area contributed by atoms with Crippen LogP contribution in [0.15, 0.2) is 65.6 Å². The molecule has 2 aromatic carbocycles. The topological polar surface area (TPSA) is 84.1 Å². The van der Waals surface area contributed by atoms with Crippen molar-refractivity contribution in [2.75, 3.05) is 6.61 Å². The van der Waals surface area contributed by atoms with Gasteiger partial charge >= 0.3 is 0 Å². The number of hydrogen-bond donors (Lipinski definition) is 2. The zero-order valence-corrected chi connectivity index (χ0v) is 17.3. The quantitative estimate of drug-likeness (QED) is 0.464. The Labute approximate surface area is 183 Å². The van der Waals surface area contributed by atoms with Gasteiger partial charge in [-0.15, -0.1) is 0 Å². The van der Waals surface area contributed by atoms with Crippen LogP contribution in [-0.2, 0) is 0 Å². The molecule has 0 spiro atoms. The molecule has 2 N–H and O–H groups in total. The van der Waals surface area contributed by atoms with Crippen LogP contribution in [0.3, 0.4) is 0 Å². The fraction of sp³-hybridized carbons (Fsp3) is 0.240. The number of benzene rings is 2. The number of fused-ring (bicyclic) bond motifs is 2. The predicted octanol–water partition coefficient (Wildman–Crippen LogP) is 4.19. The SMILES string of the molecule is O=C(NC1CCCC1COc1ccccn1)c1cc2[nH]c3ccccc3c(=O)c2cc1F. The van der Waals surface area contributed by atoms with Gasteiger partial charge in [-0.25, -0.2) is 9.37 Å². The Bertz CT molecular complexity index is 1350. The molecule has 4 aromatic rings. The molecule has 32 heavy (non-hydrogen) atoms. The number of pyridine rings is 2. The number of rotatable bonds is 5. The Kier molecular flexibility index (Phi) is 5.31. The van der Waals surface area contributed by atoms with Crippen molar-refractivity contribution in [1.29, 1.82) is 0 Å². The summed E-state index contributed by atoms with van der Waals surface area (Å²) in [6.07, 6.45) is 4.34. The standard InChI is InChI=1S/C25H22FN3O3/c26-19-12-18-22(28-21-8-2-1-7-16(21)24(18)30)13-17(19)25(31)29-20-9-5-6-15(20)14-32-23-10-3-4-11-27-23/h1-4,7-8,10-13,15,20H,5-6,9,14H2,(H,28,30)(H,29,31). The average molecular weight is 431 g/mol. The second-order valence-corrected chi connectivity index (χ2v) is 8.13. The van der Waals surface area contributed by atoms with Gasteiger partial charge < -0.3 is 15.0 Å². The van der Waals surface area contributed by atoms with Crippen molar-refractivity contribution in [2.45, 2.75) is 25.3 Å². The van der Waals surface area contributed by atoms with Crippen molar-refractivity contribution in [3.8, 4) is 5.88 Å². The number of hydrogen-bond acceptors (Lipinski definition) is 4. The van der Waals surface area contributed by atoms with E-state index in [2.05, 4.69) is 15.3 Å². The molecule has 7 heteroatoms. The summed E-state index contributed by atoms with van der Waals surface area (Å²) in [5, 5.41) is 3.67. The Morgan fingerprint density at radius 1 is 1.09 bits per heavy atom. The molecule has 2 heterocycles. The molecule has 0 saturated heterocycles. The van der Waals surface area contributed by atoms with Gasteiger partial charge in [0.05, 0.1) is 17.7 Å². The summed E-state index contributed by atoms with van der Waals surface area (Å²) in [7, 11) is 0. The number of nitrogens with one attached hydrogen (secondary N) is 2. The molecule has 5 rings (SSSR count). The van der Waals surface area contributed by atoms with Crippen LogP contribution in [0.4, 0.5) is 4.39 Å². The molecule has 1 saturated carbocycles. The van der Waals surface area contributed by atoms with Crippen LogP contribution in [0.25, 0.3) is 21.8 Å². The lowest BCUT2D eigenvalue weighted by molar-refractivity contribution is 0.0914. The van der Waals surface area contributed by atoms with E-state index in [-0.39, 0.29) is 28.3 Å². The van der Waals surface area contributed by atoms with Gasteiger partial charge in [0.2, 0.25) is 5.88 Å². The van der Waals surface area contributed by atoms with Crippen molar-refractivity contribution in [3.63, 3.8) is 0 Å². The van der Waals surface area contributed by atoms with Crippen molar-refractivity contribution < 1.29 is 13.9 Å². The lowest BCUT2D eigenvalue weighted by Crippen LogP contribution is -2.39. The summed E-state index contributed by atoms with van der Waals surface area (Å²) in [6, 6.07) is 15.0. The number of aromatic nitrogens is 2. The predicted molar refractivity (Wildman–Crippen MR) is 120 cm³/mol. The number of nitrogens with zero attached hydrogens (tertiary/aromatic N) is 1. The molecule has 1 aliphatic carbocycles. The molecule has 0 aliphatic heterocycles. The van der Waals surface area contributed by atoms with Crippen LogP contribution in [0.2, 0.25) is 0 Å². The number of aromatic amines is 1. The lowest BCUT2D eigenvalue weighted by Gasteiger charge is -2.21. The van der Waals surface area contributed by atoms with Gasteiger partial charge in [-0.05, 0) is 43.2 Å². The number of para-hydroxylation sites is 1. The number of carbonyl (C=O) groups excluding carboxylic acids is 1. The molecule has 0 radical (unpaired) electrons. The van der Waals surface area contributed by atoms with E-state index in [0.717, 1.165) is 25.3 Å². The van der Waals surface area contributed by atoms with Crippen molar-refractivity contribution in [1.82, 2.24) is 15.3 Å². The third kappa shape index (κ3) is 3.82. The molecule has 1 amide bonds. The second kappa shape index (κ2) is 8.42. The van der Waals surface area contributed by atoms with Crippen LogP contribution >= 0.6 is 0 Å². The normalized spacial score (nSPS) is 18.2. The first-order valence-electron chi connectivity index (χ1n) is 10.7. The summed E-state index contributed by atoms with van der Waals surface area (Å²) in [5.74, 6) is -0.544. The molecular formula is C25H22FN3O3. The second-order valence-electron chi connectivity index (χ2n) is 8.13. The number of ether oxygens (including phenoxy) is 1. The molecule has 2 atom stereocenters. The summed E-state index contributed by atoms with van der Waals surface area (Å²) < 4.78 is 20.6. The Morgan fingerprint density at radius 3 is 2.78 bits per heavy atom. The Hall–Kier alpha value is -3.74. The zero-order valence-electron chi connectivity index (χ0n) is 17.3. The van der Waals surface area contributed by atoms with Gasteiger partial charge in [-0.2, -0.15) is 0 Å². The zero-order chi connectivity index (χ0) is 22.1. The van der Waals surface area contributed by atoms with Gasteiger partial charge in [-0.3, -0.25) is 9.59 Å². The smallest absolute Gasteiger partial charge is 0.254 e. The number of carbonyl (C=O) groups is 1. The third-order valence-electron chi connectivity index (χ3n) is 6.10. The van der Waals surface area contributed by atoms with Crippen molar-refractivity contribution in [3.05, 3.63) is 82.4 Å². The fourth-order valence-corrected chi connectivity index (χ4v) is 4.42. The molecular weight excluding hydrogens is 409 g/mol.